The Bertz CT molecular complexity index is 343. The number of unbranched alkanes of at least 4 members (excludes halogenated alkanes) is 2. The first-order valence-corrected chi connectivity index (χ1v) is 7.46. The van der Waals surface area contributed by atoms with Gasteiger partial charge in [-0.3, -0.25) is 0 Å². The van der Waals surface area contributed by atoms with Gasteiger partial charge in [0.2, 0.25) is 0 Å². The summed E-state index contributed by atoms with van der Waals surface area (Å²) in [5.41, 5.74) is 4.32. The number of hydrogen-bond donors (Lipinski definition) is 1. The van der Waals surface area contributed by atoms with Gasteiger partial charge in [-0.25, -0.2) is 0 Å². The van der Waals surface area contributed by atoms with E-state index in [0.717, 1.165) is 6.54 Å². The zero-order chi connectivity index (χ0) is 13.4. The van der Waals surface area contributed by atoms with Crippen LogP contribution in [0.15, 0.2) is 18.2 Å². The standard InChI is InChI=1S/C17H29N/c1-5-7-8-9-17(18-6-2)13-16-12-14(3)10-11-15(16)4/h10-12,17-18H,5-9,13H2,1-4H3. The third-order valence-electron chi connectivity index (χ3n) is 3.62. The average molecular weight is 247 g/mol. The molecule has 1 nitrogen and oxygen atoms in total. The first-order chi connectivity index (χ1) is 8.67. The van der Waals surface area contributed by atoms with Gasteiger partial charge >= 0.3 is 0 Å². The number of likely N-dealkylation sites (N-methyl/N-ethyl adjacent to an activating group) is 1. The van der Waals surface area contributed by atoms with Crippen LogP contribution in [-0.4, -0.2) is 12.6 Å². The predicted octanol–water partition coefficient (Wildman–Crippen LogP) is 4.40. The van der Waals surface area contributed by atoms with E-state index >= 15 is 0 Å². The lowest BCUT2D eigenvalue weighted by molar-refractivity contribution is 0.466. The Labute approximate surface area is 113 Å². The van der Waals surface area contributed by atoms with Gasteiger partial charge in [-0.1, -0.05) is 56.9 Å². The molecule has 1 rings (SSSR count). The molecule has 1 aromatic rings. The maximum Gasteiger partial charge on any atom is 0.0107 e. The maximum atomic E-state index is 3.64. The summed E-state index contributed by atoms with van der Waals surface area (Å²) < 4.78 is 0. The second kappa shape index (κ2) is 8.31. The molecule has 0 aromatic heterocycles. The summed E-state index contributed by atoms with van der Waals surface area (Å²) in [6, 6.07) is 7.44. The largest absolute Gasteiger partial charge is 0.314 e. The summed E-state index contributed by atoms with van der Waals surface area (Å²) in [6.45, 7) is 9.95. The highest BCUT2D eigenvalue weighted by Crippen LogP contribution is 2.15. The molecule has 0 fully saturated rings. The molecule has 1 N–H and O–H groups in total. The third-order valence-corrected chi connectivity index (χ3v) is 3.62. The molecule has 1 heteroatoms. The van der Waals surface area contributed by atoms with E-state index in [9.17, 15) is 0 Å². The zero-order valence-electron chi connectivity index (χ0n) is 12.6. The van der Waals surface area contributed by atoms with Crippen molar-refractivity contribution in [3.8, 4) is 0 Å². The van der Waals surface area contributed by atoms with E-state index in [-0.39, 0.29) is 0 Å². The summed E-state index contributed by atoms with van der Waals surface area (Å²) in [7, 11) is 0. The number of rotatable bonds is 8. The average Bonchev–Trinajstić information content (AvgIpc) is 2.34. The molecule has 0 bridgehead atoms. The Hall–Kier alpha value is -0.820. The predicted molar refractivity (Wildman–Crippen MR) is 81.2 cm³/mol. The van der Waals surface area contributed by atoms with Gasteiger partial charge in [0.05, 0.1) is 0 Å². The molecule has 0 aliphatic carbocycles. The van der Waals surface area contributed by atoms with Crippen LogP contribution in [0.4, 0.5) is 0 Å². The molecule has 0 radical (unpaired) electrons. The number of hydrogen-bond acceptors (Lipinski definition) is 1. The first-order valence-electron chi connectivity index (χ1n) is 7.46. The molecular formula is C17H29N. The van der Waals surface area contributed by atoms with Gasteiger partial charge in [0.25, 0.3) is 0 Å². The van der Waals surface area contributed by atoms with Crippen molar-refractivity contribution in [2.24, 2.45) is 0 Å². The Morgan fingerprint density at radius 2 is 1.89 bits per heavy atom. The van der Waals surface area contributed by atoms with Crippen molar-refractivity contribution in [3.05, 3.63) is 34.9 Å². The van der Waals surface area contributed by atoms with Gasteiger partial charge in [-0.05, 0) is 44.4 Å². The van der Waals surface area contributed by atoms with Crippen LogP contribution in [0, 0.1) is 13.8 Å². The monoisotopic (exact) mass is 247 g/mol. The highest BCUT2D eigenvalue weighted by molar-refractivity contribution is 5.31. The van der Waals surface area contributed by atoms with Crippen molar-refractivity contribution < 1.29 is 0 Å². The molecule has 1 aromatic carbocycles. The highest BCUT2D eigenvalue weighted by atomic mass is 14.9. The SMILES string of the molecule is CCCCCC(Cc1cc(C)ccc1C)NCC. The van der Waals surface area contributed by atoms with E-state index in [0.29, 0.717) is 6.04 Å². The van der Waals surface area contributed by atoms with Crippen molar-refractivity contribution >= 4 is 0 Å². The second-order valence-corrected chi connectivity index (χ2v) is 5.38. The summed E-state index contributed by atoms with van der Waals surface area (Å²) in [5.74, 6) is 0. The maximum absolute atomic E-state index is 3.64. The quantitative estimate of drug-likeness (QED) is 0.671. The molecule has 0 heterocycles. The van der Waals surface area contributed by atoms with Crippen molar-refractivity contribution in [1.29, 1.82) is 0 Å². The Balaban J connectivity index is 2.60. The van der Waals surface area contributed by atoms with Gasteiger partial charge in [-0.2, -0.15) is 0 Å². The van der Waals surface area contributed by atoms with Crippen molar-refractivity contribution in [1.82, 2.24) is 5.32 Å². The minimum atomic E-state index is 0.641. The Morgan fingerprint density at radius 3 is 2.56 bits per heavy atom. The molecule has 102 valence electrons. The number of nitrogens with one attached hydrogen (secondary N) is 1. The van der Waals surface area contributed by atoms with Crippen molar-refractivity contribution in [2.45, 2.75) is 65.8 Å². The molecule has 1 unspecified atom stereocenters. The fraction of sp³-hybridized carbons (Fsp3) is 0.647. The fourth-order valence-electron chi connectivity index (χ4n) is 2.49. The zero-order valence-corrected chi connectivity index (χ0v) is 12.6. The topological polar surface area (TPSA) is 12.0 Å². The van der Waals surface area contributed by atoms with Gasteiger partial charge in [0.15, 0.2) is 0 Å². The van der Waals surface area contributed by atoms with Gasteiger partial charge in [0.1, 0.15) is 0 Å². The van der Waals surface area contributed by atoms with Crippen LogP contribution in [0.3, 0.4) is 0 Å². The van der Waals surface area contributed by atoms with E-state index in [1.54, 1.807) is 0 Å². The molecule has 0 saturated carbocycles. The molecule has 1 atom stereocenters. The van der Waals surface area contributed by atoms with E-state index in [1.165, 1.54) is 48.8 Å². The molecular weight excluding hydrogens is 218 g/mol. The van der Waals surface area contributed by atoms with Crippen LogP contribution in [-0.2, 0) is 6.42 Å². The molecule has 0 saturated heterocycles. The lowest BCUT2D eigenvalue weighted by Gasteiger charge is -2.19. The molecule has 0 spiro atoms. The van der Waals surface area contributed by atoms with E-state index in [4.69, 9.17) is 0 Å². The van der Waals surface area contributed by atoms with E-state index < -0.39 is 0 Å². The third kappa shape index (κ3) is 5.22. The molecule has 0 amide bonds. The molecule has 0 aliphatic heterocycles. The summed E-state index contributed by atoms with van der Waals surface area (Å²) in [6.07, 6.45) is 6.48. The fourth-order valence-corrected chi connectivity index (χ4v) is 2.49. The lowest BCUT2D eigenvalue weighted by atomic mass is 9.96. The van der Waals surface area contributed by atoms with E-state index in [2.05, 4.69) is 51.2 Å². The van der Waals surface area contributed by atoms with Crippen LogP contribution in [0.25, 0.3) is 0 Å². The van der Waals surface area contributed by atoms with Crippen LogP contribution < -0.4 is 5.32 Å². The van der Waals surface area contributed by atoms with Gasteiger partial charge < -0.3 is 5.32 Å². The van der Waals surface area contributed by atoms with Gasteiger partial charge in [-0.15, -0.1) is 0 Å². The summed E-state index contributed by atoms with van der Waals surface area (Å²) in [5, 5.41) is 3.64. The smallest absolute Gasteiger partial charge is 0.0107 e. The minimum absolute atomic E-state index is 0.641. The Morgan fingerprint density at radius 1 is 1.11 bits per heavy atom. The molecule has 0 aliphatic rings. The van der Waals surface area contributed by atoms with Crippen LogP contribution >= 0.6 is 0 Å². The molecule has 18 heavy (non-hydrogen) atoms. The second-order valence-electron chi connectivity index (χ2n) is 5.38. The van der Waals surface area contributed by atoms with Crippen molar-refractivity contribution in [3.63, 3.8) is 0 Å². The van der Waals surface area contributed by atoms with E-state index in [1.807, 2.05) is 0 Å². The number of benzene rings is 1. The highest BCUT2D eigenvalue weighted by Gasteiger charge is 2.09. The lowest BCUT2D eigenvalue weighted by Crippen LogP contribution is -2.31. The van der Waals surface area contributed by atoms with Gasteiger partial charge in [0, 0.05) is 6.04 Å². The van der Waals surface area contributed by atoms with Crippen LogP contribution in [0.1, 0.15) is 56.2 Å². The normalized spacial score (nSPS) is 12.7. The summed E-state index contributed by atoms with van der Waals surface area (Å²) in [4.78, 5) is 0. The first kappa shape index (κ1) is 15.2. The van der Waals surface area contributed by atoms with Crippen LogP contribution in [0.2, 0.25) is 0 Å². The summed E-state index contributed by atoms with van der Waals surface area (Å²) >= 11 is 0. The van der Waals surface area contributed by atoms with Crippen molar-refractivity contribution in [2.75, 3.05) is 6.54 Å². The minimum Gasteiger partial charge on any atom is -0.314 e. The number of aryl methyl sites for hydroxylation is 2. The van der Waals surface area contributed by atoms with Crippen LogP contribution in [0.5, 0.6) is 0 Å². The Kier molecular flexibility index (Phi) is 7.04.